The second-order valence-corrected chi connectivity index (χ2v) is 4.55. The van der Waals surface area contributed by atoms with Gasteiger partial charge in [-0.2, -0.15) is 0 Å². The molecule has 0 saturated carbocycles. The third-order valence-electron chi connectivity index (χ3n) is 3.09. The molecule has 1 aromatic carbocycles. The SMILES string of the molecule is CCCCC(=O)Nc1ccc2c(c1)NCCC2. The zero-order chi connectivity index (χ0) is 12.1. The van der Waals surface area contributed by atoms with E-state index >= 15 is 0 Å². The Kier molecular flexibility index (Phi) is 4.02. The molecule has 2 N–H and O–H groups in total. The molecule has 0 unspecified atom stereocenters. The van der Waals surface area contributed by atoms with Gasteiger partial charge in [0.2, 0.25) is 5.91 Å². The van der Waals surface area contributed by atoms with Gasteiger partial charge >= 0.3 is 0 Å². The zero-order valence-corrected chi connectivity index (χ0v) is 10.4. The quantitative estimate of drug-likeness (QED) is 0.837. The molecular formula is C14H20N2O. The topological polar surface area (TPSA) is 41.1 Å². The van der Waals surface area contributed by atoms with Gasteiger partial charge in [0.05, 0.1) is 0 Å². The van der Waals surface area contributed by atoms with Gasteiger partial charge in [-0.1, -0.05) is 19.4 Å². The molecule has 0 atom stereocenters. The van der Waals surface area contributed by atoms with Crippen molar-refractivity contribution in [1.29, 1.82) is 0 Å². The van der Waals surface area contributed by atoms with Gasteiger partial charge in [-0.05, 0) is 37.0 Å². The van der Waals surface area contributed by atoms with Crippen molar-refractivity contribution < 1.29 is 4.79 Å². The number of unbranched alkanes of at least 4 members (excludes halogenated alkanes) is 1. The first-order chi connectivity index (χ1) is 8.29. The van der Waals surface area contributed by atoms with E-state index < -0.39 is 0 Å². The fourth-order valence-electron chi connectivity index (χ4n) is 2.10. The number of benzene rings is 1. The second-order valence-electron chi connectivity index (χ2n) is 4.55. The molecule has 0 spiro atoms. The third kappa shape index (κ3) is 3.22. The summed E-state index contributed by atoms with van der Waals surface area (Å²) < 4.78 is 0. The molecule has 3 heteroatoms. The number of rotatable bonds is 4. The minimum absolute atomic E-state index is 0.114. The number of carbonyl (C=O) groups is 1. The highest BCUT2D eigenvalue weighted by molar-refractivity contribution is 5.91. The first-order valence-electron chi connectivity index (χ1n) is 6.46. The largest absolute Gasteiger partial charge is 0.385 e. The van der Waals surface area contributed by atoms with Gasteiger partial charge in [-0.3, -0.25) is 4.79 Å². The summed E-state index contributed by atoms with van der Waals surface area (Å²) >= 11 is 0. The molecule has 1 amide bonds. The van der Waals surface area contributed by atoms with E-state index in [0.29, 0.717) is 6.42 Å². The summed E-state index contributed by atoms with van der Waals surface area (Å²) in [6.07, 6.45) is 4.94. The highest BCUT2D eigenvalue weighted by atomic mass is 16.1. The van der Waals surface area contributed by atoms with Crippen LogP contribution in [-0.4, -0.2) is 12.5 Å². The third-order valence-corrected chi connectivity index (χ3v) is 3.09. The average molecular weight is 232 g/mol. The molecule has 1 aromatic rings. The van der Waals surface area contributed by atoms with Gasteiger partial charge in [0.1, 0.15) is 0 Å². The van der Waals surface area contributed by atoms with Crippen LogP contribution in [0, 0.1) is 0 Å². The number of fused-ring (bicyclic) bond motifs is 1. The first-order valence-corrected chi connectivity index (χ1v) is 6.46. The molecule has 0 fully saturated rings. The van der Waals surface area contributed by atoms with E-state index in [2.05, 4.69) is 23.6 Å². The Balaban J connectivity index is 1.99. The van der Waals surface area contributed by atoms with E-state index in [1.165, 1.54) is 17.7 Å². The van der Waals surface area contributed by atoms with Gasteiger partial charge in [0, 0.05) is 24.3 Å². The summed E-state index contributed by atoms with van der Waals surface area (Å²) in [4.78, 5) is 11.6. The van der Waals surface area contributed by atoms with Crippen LogP contribution in [0.15, 0.2) is 18.2 Å². The van der Waals surface area contributed by atoms with Crippen molar-refractivity contribution in [2.45, 2.75) is 39.0 Å². The molecule has 1 heterocycles. The van der Waals surface area contributed by atoms with Crippen LogP contribution in [0.5, 0.6) is 0 Å². The number of anilines is 2. The van der Waals surface area contributed by atoms with E-state index in [-0.39, 0.29) is 5.91 Å². The van der Waals surface area contributed by atoms with Gasteiger partial charge in [-0.15, -0.1) is 0 Å². The predicted molar refractivity (Wildman–Crippen MR) is 71.4 cm³/mol. The van der Waals surface area contributed by atoms with E-state index in [1.807, 2.05) is 12.1 Å². The Bertz CT molecular complexity index is 401. The molecule has 0 radical (unpaired) electrons. The maximum absolute atomic E-state index is 11.6. The molecule has 0 bridgehead atoms. The first kappa shape index (κ1) is 12.0. The summed E-state index contributed by atoms with van der Waals surface area (Å²) in [6.45, 7) is 3.12. The van der Waals surface area contributed by atoms with Crippen LogP contribution in [-0.2, 0) is 11.2 Å². The maximum atomic E-state index is 11.6. The van der Waals surface area contributed by atoms with Crippen LogP contribution in [0.25, 0.3) is 0 Å². The molecule has 0 aliphatic carbocycles. The number of hydrogen-bond acceptors (Lipinski definition) is 2. The van der Waals surface area contributed by atoms with Crippen LogP contribution in [0.2, 0.25) is 0 Å². The van der Waals surface area contributed by atoms with Crippen LogP contribution in [0.3, 0.4) is 0 Å². The van der Waals surface area contributed by atoms with Crippen molar-refractivity contribution in [3.05, 3.63) is 23.8 Å². The minimum atomic E-state index is 0.114. The van der Waals surface area contributed by atoms with Gasteiger partial charge in [-0.25, -0.2) is 0 Å². The molecule has 0 aromatic heterocycles. The zero-order valence-electron chi connectivity index (χ0n) is 10.4. The fourth-order valence-corrected chi connectivity index (χ4v) is 2.10. The van der Waals surface area contributed by atoms with Crippen LogP contribution >= 0.6 is 0 Å². The molecule has 2 rings (SSSR count). The van der Waals surface area contributed by atoms with Crippen molar-refractivity contribution >= 4 is 17.3 Å². The van der Waals surface area contributed by atoms with E-state index in [4.69, 9.17) is 0 Å². The van der Waals surface area contributed by atoms with Gasteiger partial charge in [0.15, 0.2) is 0 Å². The standard InChI is InChI=1S/C14H20N2O/c1-2-3-6-14(17)16-12-8-7-11-5-4-9-15-13(11)10-12/h7-8,10,15H,2-6,9H2,1H3,(H,16,17). The van der Waals surface area contributed by atoms with Crippen LogP contribution in [0.4, 0.5) is 11.4 Å². The Hall–Kier alpha value is -1.51. The predicted octanol–water partition coefficient (Wildman–Crippen LogP) is 3.17. The molecular weight excluding hydrogens is 212 g/mol. The van der Waals surface area contributed by atoms with E-state index in [1.54, 1.807) is 0 Å². The molecule has 1 aliphatic heterocycles. The Morgan fingerprint density at radius 1 is 1.47 bits per heavy atom. The van der Waals surface area contributed by atoms with E-state index in [9.17, 15) is 4.79 Å². The van der Waals surface area contributed by atoms with E-state index in [0.717, 1.165) is 31.5 Å². The lowest BCUT2D eigenvalue weighted by Crippen LogP contribution is -2.14. The van der Waals surface area contributed by atoms with Crippen LogP contribution < -0.4 is 10.6 Å². The fraction of sp³-hybridized carbons (Fsp3) is 0.500. The summed E-state index contributed by atoms with van der Waals surface area (Å²) in [5.74, 6) is 0.114. The minimum Gasteiger partial charge on any atom is -0.385 e. The number of nitrogens with one attached hydrogen (secondary N) is 2. The molecule has 92 valence electrons. The lowest BCUT2D eigenvalue weighted by molar-refractivity contribution is -0.116. The van der Waals surface area contributed by atoms with Crippen LogP contribution in [0.1, 0.15) is 38.2 Å². The van der Waals surface area contributed by atoms with Crippen molar-refractivity contribution in [1.82, 2.24) is 0 Å². The highest BCUT2D eigenvalue weighted by Crippen LogP contribution is 2.25. The van der Waals surface area contributed by atoms with Gasteiger partial charge < -0.3 is 10.6 Å². The van der Waals surface area contributed by atoms with Crippen molar-refractivity contribution in [2.24, 2.45) is 0 Å². The molecule has 17 heavy (non-hydrogen) atoms. The van der Waals surface area contributed by atoms with Crippen molar-refractivity contribution in [2.75, 3.05) is 17.2 Å². The van der Waals surface area contributed by atoms with Crippen molar-refractivity contribution in [3.8, 4) is 0 Å². The summed E-state index contributed by atoms with van der Waals surface area (Å²) in [7, 11) is 0. The number of amides is 1. The Morgan fingerprint density at radius 2 is 2.35 bits per heavy atom. The second kappa shape index (κ2) is 5.71. The summed E-state index contributed by atoms with van der Waals surface area (Å²) in [5.41, 5.74) is 3.42. The van der Waals surface area contributed by atoms with Crippen molar-refractivity contribution in [3.63, 3.8) is 0 Å². The smallest absolute Gasteiger partial charge is 0.224 e. The lowest BCUT2D eigenvalue weighted by atomic mass is 10.0. The summed E-state index contributed by atoms with van der Waals surface area (Å²) in [6, 6.07) is 6.14. The Labute approximate surface area is 103 Å². The average Bonchev–Trinajstić information content (AvgIpc) is 2.36. The summed E-state index contributed by atoms with van der Waals surface area (Å²) in [5, 5.41) is 6.32. The highest BCUT2D eigenvalue weighted by Gasteiger charge is 2.09. The normalized spacial score (nSPS) is 13.7. The number of hydrogen-bond donors (Lipinski definition) is 2. The molecule has 3 nitrogen and oxygen atoms in total. The van der Waals surface area contributed by atoms with Gasteiger partial charge in [0.25, 0.3) is 0 Å². The lowest BCUT2D eigenvalue weighted by Gasteiger charge is -2.18. The molecule has 1 aliphatic rings. The number of carbonyl (C=O) groups excluding carboxylic acids is 1. The number of aryl methyl sites for hydroxylation is 1. The molecule has 0 saturated heterocycles. The monoisotopic (exact) mass is 232 g/mol. The Morgan fingerprint density at radius 3 is 3.18 bits per heavy atom. The maximum Gasteiger partial charge on any atom is 0.224 e.